The van der Waals surface area contributed by atoms with Crippen LogP contribution in [-0.4, -0.2) is 55.3 Å². The average Bonchev–Trinajstić information content (AvgIpc) is 3.37. The van der Waals surface area contributed by atoms with E-state index >= 15 is 0 Å². The summed E-state index contributed by atoms with van der Waals surface area (Å²) in [6, 6.07) is 3.22. The first-order valence-corrected chi connectivity index (χ1v) is 10.8. The summed E-state index contributed by atoms with van der Waals surface area (Å²) in [5.41, 5.74) is 0.482. The number of amides is 1. The highest BCUT2D eigenvalue weighted by molar-refractivity contribution is 8.01. The molecule has 0 bridgehead atoms. The third kappa shape index (κ3) is 5.63. The second kappa shape index (κ2) is 10.1. The van der Waals surface area contributed by atoms with E-state index in [0.29, 0.717) is 26.5 Å². The SMILES string of the molecule is COc1cc(OC)c(NC(=O)CSc2nnc(NCC3CCCO3)s2)cc1Cl. The number of nitrogens with one attached hydrogen (secondary N) is 2. The maximum atomic E-state index is 12.3. The molecule has 152 valence electrons. The number of carbonyl (C=O) groups is 1. The molecule has 1 unspecified atom stereocenters. The van der Waals surface area contributed by atoms with Crippen molar-refractivity contribution in [1.29, 1.82) is 0 Å². The number of nitrogens with zero attached hydrogens (tertiary/aromatic N) is 2. The summed E-state index contributed by atoms with van der Waals surface area (Å²) in [5, 5.41) is 15.3. The molecule has 0 radical (unpaired) electrons. The molecule has 1 aromatic carbocycles. The van der Waals surface area contributed by atoms with E-state index in [9.17, 15) is 4.79 Å². The van der Waals surface area contributed by atoms with Gasteiger partial charge < -0.3 is 24.8 Å². The van der Waals surface area contributed by atoms with Crippen LogP contribution in [0.4, 0.5) is 10.8 Å². The number of hydrogen-bond donors (Lipinski definition) is 2. The Balaban J connectivity index is 1.50. The maximum Gasteiger partial charge on any atom is 0.234 e. The Morgan fingerprint density at radius 1 is 1.36 bits per heavy atom. The van der Waals surface area contributed by atoms with Gasteiger partial charge in [-0.1, -0.05) is 34.7 Å². The smallest absolute Gasteiger partial charge is 0.234 e. The Bertz CT molecular complexity index is 814. The standard InChI is InChI=1S/C17H21ClN4O4S2/c1-24-13-7-14(25-2)12(6-11(13)18)20-15(23)9-27-17-22-21-16(28-17)19-8-10-4-3-5-26-10/h6-7,10H,3-5,8-9H2,1-2H3,(H,19,21)(H,20,23). The van der Waals surface area contributed by atoms with Crippen LogP contribution in [0.5, 0.6) is 11.5 Å². The summed E-state index contributed by atoms with van der Waals surface area (Å²) in [7, 11) is 3.03. The number of carbonyl (C=O) groups excluding carboxylic acids is 1. The first-order chi connectivity index (χ1) is 13.6. The van der Waals surface area contributed by atoms with Gasteiger partial charge in [0.25, 0.3) is 0 Å². The van der Waals surface area contributed by atoms with Crippen molar-refractivity contribution in [2.75, 3.05) is 43.8 Å². The minimum Gasteiger partial charge on any atom is -0.495 e. The van der Waals surface area contributed by atoms with Crippen molar-refractivity contribution >= 4 is 51.4 Å². The van der Waals surface area contributed by atoms with Gasteiger partial charge in [0.2, 0.25) is 11.0 Å². The van der Waals surface area contributed by atoms with E-state index in [-0.39, 0.29) is 17.8 Å². The van der Waals surface area contributed by atoms with E-state index in [4.69, 9.17) is 25.8 Å². The van der Waals surface area contributed by atoms with Crippen LogP contribution in [0.25, 0.3) is 0 Å². The first kappa shape index (κ1) is 21.0. The Kier molecular flexibility index (Phi) is 7.60. The van der Waals surface area contributed by atoms with Crippen LogP contribution in [-0.2, 0) is 9.53 Å². The van der Waals surface area contributed by atoms with E-state index in [2.05, 4.69) is 20.8 Å². The number of rotatable bonds is 9. The lowest BCUT2D eigenvalue weighted by molar-refractivity contribution is -0.113. The quantitative estimate of drug-likeness (QED) is 0.567. The number of ether oxygens (including phenoxy) is 3. The Hall–Kier alpha value is -1.75. The van der Waals surface area contributed by atoms with Gasteiger partial charge in [-0.2, -0.15) is 0 Å². The predicted molar refractivity (Wildman–Crippen MR) is 111 cm³/mol. The number of aromatic nitrogens is 2. The molecule has 0 aliphatic carbocycles. The van der Waals surface area contributed by atoms with E-state index < -0.39 is 0 Å². The summed E-state index contributed by atoms with van der Waals surface area (Å²) in [6.07, 6.45) is 2.40. The monoisotopic (exact) mass is 444 g/mol. The van der Waals surface area contributed by atoms with Crippen molar-refractivity contribution in [2.45, 2.75) is 23.3 Å². The first-order valence-electron chi connectivity index (χ1n) is 8.62. The fourth-order valence-electron chi connectivity index (χ4n) is 2.62. The Morgan fingerprint density at radius 2 is 2.18 bits per heavy atom. The summed E-state index contributed by atoms with van der Waals surface area (Å²) < 4.78 is 16.7. The van der Waals surface area contributed by atoms with Crippen LogP contribution in [0, 0.1) is 0 Å². The minimum atomic E-state index is -0.200. The van der Waals surface area contributed by atoms with Gasteiger partial charge in [0.15, 0.2) is 4.34 Å². The molecule has 1 amide bonds. The summed E-state index contributed by atoms with van der Waals surface area (Å²) >= 11 is 8.85. The predicted octanol–water partition coefficient (Wildman–Crippen LogP) is 3.53. The summed E-state index contributed by atoms with van der Waals surface area (Å²) in [4.78, 5) is 12.3. The molecule has 1 aromatic heterocycles. The largest absolute Gasteiger partial charge is 0.495 e. The zero-order valence-electron chi connectivity index (χ0n) is 15.5. The third-order valence-corrected chi connectivity index (χ3v) is 6.30. The van der Waals surface area contributed by atoms with Crippen molar-refractivity contribution < 1.29 is 19.0 Å². The summed E-state index contributed by atoms with van der Waals surface area (Å²) in [6.45, 7) is 1.54. The molecule has 0 saturated carbocycles. The molecular formula is C17H21ClN4O4S2. The van der Waals surface area contributed by atoms with Crippen LogP contribution in [0.3, 0.4) is 0 Å². The maximum absolute atomic E-state index is 12.3. The van der Waals surface area contributed by atoms with Crippen molar-refractivity contribution in [2.24, 2.45) is 0 Å². The molecule has 1 saturated heterocycles. The van der Waals surface area contributed by atoms with Crippen LogP contribution >= 0.6 is 34.7 Å². The molecule has 1 aliphatic rings. The number of hydrogen-bond acceptors (Lipinski definition) is 9. The molecule has 11 heteroatoms. The topological polar surface area (TPSA) is 94.6 Å². The number of thioether (sulfide) groups is 1. The van der Waals surface area contributed by atoms with Crippen molar-refractivity contribution in [3.8, 4) is 11.5 Å². The van der Waals surface area contributed by atoms with E-state index in [1.54, 1.807) is 12.1 Å². The number of halogens is 1. The van der Waals surface area contributed by atoms with Crippen LogP contribution in [0.1, 0.15) is 12.8 Å². The molecule has 0 spiro atoms. The Morgan fingerprint density at radius 3 is 2.89 bits per heavy atom. The van der Waals surface area contributed by atoms with Gasteiger partial charge in [-0.05, 0) is 18.9 Å². The fraction of sp³-hybridized carbons (Fsp3) is 0.471. The number of benzene rings is 1. The zero-order chi connectivity index (χ0) is 19.9. The molecule has 1 fully saturated rings. The molecular weight excluding hydrogens is 424 g/mol. The van der Waals surface area contributed by atoms with Gasteiger partial charge >= 0.3 is 0 Å². The second-order valence-electron chi connectivity index (χ2n) is 5.91. The van der Waals surface area contributed by atoms with Gasteiger partial charge in [0, 0.05) is 19.2 Å². The second-order valence-corrected chi connectivity index (χ2v) is 8.52. The molecule has 1 aliphatic heterocycles. The lowest BCUT2D eigenvalue weighted by Gasteiger charge is -2.12. The van der Waals surface area contributed by atoms with Crippen molar-refractivity contribution in [1.82, 2.24) is 10.2 Å². The zero-order valence-corrected chi connectivity index (χ0v) is 17.9. The average molecular weight is 445 g/mol. The van der Waals surface area contributed by atoms with Crippen molar-refractivity contribution in [3.05, 3.63) is 17.2 Å². The van der Waals surface area contributed by atoms with Gasteiger partial charge in [-0.25, -0.2) is 0 Å². The third-order valence-electron chi connectivity index (χ3n) is 3.99. The fourth-order valence-corrected chi connectivity index (χ4v) is 4.42. The minimum absolute atomic E-state index is 0.188. The molecule has 1 atom stereocenters. The molecule has 3 rings (SSSR count). The highest BCUT2D eigenvalue weighted by atomic mass is 35.5. The molecule has 2 aromatic rings. The van der Waals surface area contributed by atoms with E-state index in [1.807, 2.05) is 0 Å². The van der Waals surface area contributed by atoms with E-state index in [1.165, 1.54) is 37.3 Å². The van der Waals surface area contributed by atoms with Gasteiger partial charge in [0.1, 0.15) is 11.5 Å². The molecule has 28 heavy (non-hydrogen) atoms. The van der Waals surface area contributed by atoms with E-state index in [0.717, 1.165) is 31.1 Å². The van der Waals surface area contributed by atoms with Gasteiger partial charge in [-0.15, -0.1) is 10.2 Å². The number of anilines is 2. The normalized spacial score (nSPS) is 16.0. The molecule has 2 heterocycles. The number of methoxy groups -OCH3 is 2. The van der Waals surface area contributed by atoms with Crippen molar-refractivity contribution in [3.63, 3.8) is 0 Å². The van der Waals surface area contributed by atoms with Crippen LogP contribution in [0.15, 0.2) is 16.5 Å². The van der Waals surface area contributed by atoms with Gasteiger partial charge in [-0.3, -0.25) is 4.79 Å². The Labute approximate surface area is 176 Å². The van der Waals surface area contributed by atoms with Crippen LogP contribution in [0.2, 0.25) is 5.02 Å². The lowest BCUT2D eigenvalue weighted by atomic mass is 10.2. The highest BCUT2D eigenvalue weighted by Crippen LogP contribution is 2.36. The molecule has 2 N–H and O–H groups in total. The summed E-state index contributed by atoms with van der Waals surface area (Å²) in [5.74, 6) is 0.931. The molecule has 8 nitrogen and oxygen atoms in total. The lowest BCUT2D eigenvalue weighted by Crippen LogP contribution is -2.18. The van der Waals surface area contributed by atoms with Crippen LogP contribution < -0.4 is 20.1 Å². The highest BCUT2D eigenvalue weighted by Gasteiger charge is 2.17. The van der Waals surface area contributed by atoms with Gasteiger partial charge in [0.05, 0.1) is 36.8 Å².